The topological polar surface area (TPSA) is 82.0 Å². The number of ether oxygens (including phenoxy) is 2. The first-order chi connectivity index (χ1) is 14.5. The van der Waals surface area contributed by atoms with E-state index >= 15 is 0 Å². The summed E-state index contributed by atoms with van der Waals surface area (Å²) in [6, 6.07) is 11.7. The number of hydrogen-bond acceptors (Lipinski definition) is 6. The maximum Gasteiger partial charge on any atom is 0.262 e. The standard InChI is InChI=1S/C22H22N4O3S/c1-13-6-5-7-19(14(13)2)26-20-18(11-23-26)21(27)25-22(24-20)30-12-15-8-16(28-3)10-17(9-15)29-4/h5-11H,12H2,1-4H3,(H,24,25,27). The van der Waals surface area contributed by atoms with E-state index in [2.05, 4.69) is 28.1 Å². The molecule has 2 heterocycles. The minimum absolute atomic E-state index is 0.206. The van der Waals surface area contributed by atoms with Gasteiger partial charge in [-0.25, -0.2) is 9.67 Å². The molecule has 154 valence electrons. The Bertz CT molecular complexity index is 1260. The van der Waals surface area contributed by atoms with E-state index in [1.807, 2.05) is 37.3 Å². The van der Waals surface area contributed by atoms with Crippen molar-refractivity contribution < 1.29 is 9.47 Å². The zero-order chi connectivity index (χ0) is 21.3. The lowest BCUT2D eigenvalue weighted by Gasteiger charge is -2.10. The Morgan fingerprint density at radius 2 is 1.83 bits per heavy atom. The summed E-state index contributed by atoms with van der Waals surface area (Å²) in [7, 11) is 3.24. The molecule has 8 heteroatoms. The van der Waals surface area contributed by atoms with Crippen LogP contribution in [0.2, 0.25) is 0 Å². The van der Waals surface area contributed by atoms with E-state index in [0.29, 0.717) is 21.9 Å². The number of H-pyrrole nitrogens is 1. The first kappa shape index (κ1) is 20.0. The summed E-state index contributed by atoms with van der Waals surface area (Å²) in [6.07, 6.45) is 1.56. The Kier molecular flexibility index (Phi) is 5.50. The Morgan fingerprint density at radius 1 is 1.10 bits per heavy atom. The fraction of sp³-hybridized carbons (Fsp3) is 0.227. The summed E-state index contributed by atoms with van der Waals surface area (Å²) in [5.74, 6) is 2.03. The largest absolute Gasteiger partial charge is 0.497 e. The molecule has 2 aromatic carbocycles. The number of aryl methyl sites for hydroxylation is 1. The number of aromatic nitrogens is 4. The molecule has 4 rings (SSSR count). The number of hydrogen-bond donors (Lipinski definition) is 1. The first-order valence-corrected chi connectivity index (χ1v) is 10.4. The summed E-state index contributed by atoms with van der Waals surface area (Å²) >= 11 is 1.44. The molecular weight excluding hydrogens is 400 g/mol. The second kappa shape index (κ2) is 8.23. The van der Waals surface area contributed by atoms with Crippen LogP contribution in [-0.2, 0) is 5.75 Å². The van der Waals surface area contributed by atoms with Crippen molar-refractivity contribution in [3.63, 3.8) is 0 Å². The summed E-state index contributed by atoms with van der Waals surface area (Å²) in [5, 5.41) is 5.42. The lowest BCUT2D eigenvalue weighted by Crippen LogP contribution is -2.10. The molecule has 0 bridgehead atoms. The fourth-order valence-electron chi connectivity index (χ4n) is 3.21. The van der Waals surface area contributed by atoms with Gasteiger partial charge in [-0.05, 0) is 48.7 Å². The number of nitrogens with zero attached hydrogens (tertiary/aromatic N) is 3. The van der Waals surface area contributed by atoms with Crippen molar-refractivity contribution in [2.24, 2.45) is 0 Å². The second-order valence-electron chi connectivity index (χ2n) is 6.89. The maximum atomic E-state index is 12.6. The number of methoxy groups -OCH3 is 2. The molecule has 7 nitrogen and oxygen atoms in total. The fourth-order valence-corrected chi connectivity index (χ4v) is 4.00. The molecule has 0 radical (unpaired) electrons. The van der Waals surface area contributed by atoms with E-state index in [0.717, 1.165) is 33.9 Å². The van der Waals surface area contributed by atoms with Crippen LogP contribution in [0.4, 0.5) is 0 Å². The normalized spacial score (nSPS) is 11.1. The van der Waals surface area contributed by atoms with Crippen molar-refractivity contribution in [3.05, 3.63) is 69.6 Å². The minimum atomic E-state index is -0.206. The molecule has 0 saturated carbocycles. The summed E-state index contributed by atoms with van der Waals surface area (Å²) in [4.78, 5) is 20.1. The molecule has 0 saturated heterocycles. The van der Waals surface area contributed by atoms with Gasteiger partial charge in [-0.15, -0.1) is 0 Å². The van der Waals surface area contributed by atoms with E-state index in [9.17, 15) is 4.79 Å². The zero-order valence-corrected chi connectivity index (χ0v) is 18.0. The molecular formula is C22H22N4O3S. The quantitative estimate of drug-likeness (QED) is 0.373. The van der Waals surface area contributed by atoms with Crippen LogP contribution in [0.3, 0.4) is 0 Å². The van der Waals surface area contributed by atoms with E-state index in [1.165, 1.54) is 11.8 Å². The van der Waals surface area contributed by atoms with Gasteiger partial charge in [0.05, 0.1) is 26.1 Å². The van der Waals surface area contributed by atoms with Crippen LogP contribution in [0.1, 0.15) is 16.7 Å². The van der Waals surface area contributed by atoms with Crippen LogP contribution in [0.25, 0.3) is 16.7 Å². The highest BCUT2D eigenvalue weighted by Crippen LogP contribution is 2.28. The third-order valence-corrected chi connectivity index (χ3v) is 5.95. The predicted octanol–water partition coefficient (Wildman–Crippen LogP) is 4.04. The van der Waals surface area contributed by atoms with Gasteiger partial charge >= 0.3 is 0 Å². The molecule has 0 aliphatic carbocycles. The van der Waals surface area contributed by atoms with Gasteiger partial charge in [-0.3, -0.25) is 4.79 Å². The van der Waals surface area contributed by atoms with Crippen molar-refractivity contribution >= 4 is 22.8 Å². The van der Waals surface area contributed by atoms with Gasteiger partial charge in [0.1, 0.15) is 16.9 Å². The third-order valence-electron chi connectivity index (χ3n) is 5.01. The van der Waals surface area contributed by atoms with Crippen molar-refractivity contribution in [2.45, 2.75) is 24.8 Å². The summed E-state index contributed by atoms with van der Waals surface area (Å²) < 4.78 is 12.4. The van der Waals surface area contributed by atoms with E-state index in [1.54, 1.807) is 25.1 Å². The zero-order valence-electron chi connectivity index (χ0n) is 17.2. The van der Waals surface area contributed by atoms with Gasteiger partial charge in [0.25, 0.3) is 5.56 Å². The van der Waals surface area contributed by atoms with Gasteiger partial charge < -0.3 is 14.5 Å². The molecule has 0 unspecified atom stereocenters. The first-order valence-electron chi connectivity index (χ1n) is 9.39. The molecule has 30 heavy (non-hydrogen) atoms. The van der Waals surface area contributed by atoms with Crippen molar-refractivity contribution in [1.82, 2.24) is 19.7 Å². The predicted molar refractivity (Wildman–Crippen MR) is 118 cm³/mol. The maximum absolute atomic E-state index is 12.6. The number of nitrogens with one attached hydrogen (secondary N) is 1. The molecule has 2 aromatic heterocycles. The second-order valence-corrected chi connectivity index (χ2v) is 7.86. The molecule has 0 spiro atoms. The number of fused-ring (bicyclic) bond motifs is 1. The smallest absolute Gasteiger partial charge is 0.262 e. The molecule has 0 atom stereocenters. The van der Waals surface area contributed by atoms with Crippen LogP contribution >= 0.6 is 11.8 Å². The van der Waals surface area contributed by atoms with Crippen LogP contribution < -0.4 is 15.0 Å². The minimum Gasteiger partial charge on any atom is -0.497 e. The highest BCUT2D eigenvalue weighted by atomic mass is 32.2. The number of rotatable bonds is 6. The Labute approximate surface area is 178 Å². The van der Waals surface area contributed by atoms with E-state index < -0.39 is 0 Å². The van der Waals surface area contributed by atoms with Crippen molar-refractivity contribution in [1.29, 1.82) is 0 Å². The number of benzene rings is 2. The molecule has 1 N–H and O–H groups in total. The molecule has 0 fully saturated rings. The van der Waals surface area contributed by atoms with Gasteiger partial charge in [0.15, 0.2) is 10.8 Å². The average molecular weight is 423 g/mol. The summed E-state index contributed by atoms with van der Waals surface area (Å²) in [6.45, 7) is 4.09. The van der Waals surface area contributed by atoms with Crippen LogP contribution in [0, 0.1) is 13.8 Å². The Morgan fingerprint density at radius 3 is 2.53 bits per heavy atom. The molecule has 0 amide bonds. The van der Waals surface area contributed by atoms with Crippen LogP contribution in [-0.4, -0.2) is 34.0 Å². The lowest BCUT2D eigenvalue weighted by atomic mass is 10.1. The highest BCUT2D eigenvalue weighted by Gasteiger charge is 2.14. The van der Waals surface area contributed by atoms with Crippen LogP contribution in [0.5, 0.6) is 11.5 Å². The van der Waals surface area contributed by atoms with E-state index in [-0.39, 0.29) is 5.56 Å². The van der Waals surface area contributed by atoms with E-state index in [4.69, 9.17) is 9.47 Å². The highest BCUT2D eigenvalue weighted by molar-refractivity contribution is 7.98. The van der Waals surface area contributed by atoms with Gasteiger partial charge in [-0.1, -0.05) is 23.9 Å². The van der Waals surface area contributed by atoms with Crippen molar-refractivity contribution in [2.75, 3.05) is 14.2 Å². The number of aromatic amines is 1. The monoisotopic (exact) mass is 422 g/mol. The van der Waals surface area contributed by atoms with Gasteiger partial charge in [0, 0.05) is 11.8 Å². The van der Waals surface area contributed by atoms with Crippen molar-refractivity contribution in [3.8, 4) is 17.2 Å². The van der Waals surface area contributed by atoms with Gasteiger partial charge in [-0.2, -0.15) is 5.10 Å². The molecule has 0 aliphatic heterocycles. The van der Waals surface area contributed by atoms with Crippen LogP contribution in [0.15, 0.2) is 52.5 Å². The lowest BCUT2D eigenvalue weighted by molar-refractivity contribution is 0.393. The SMILES string of the molecule is COc1cc(CSc2nc3c(cnn3-c3cccc(C)c3C)c(=O)[nH]2)cc(OC)c1. The number of thioether (sulfide) groups is 1. The van der Waals surface area contributed by atoms with Gasteiger partial charge in [0.2, 0.25) is 0 Å². The molecule has 0 aliphatic rings. The Balaban J connectivity index is 1.70. The average Bonchev–Trinajstić information content (AvgIpc) is 3.18. The molecule has 4 aromatic rings. The third kappa shape index (κ3) is 3.78. The Hall–Kier alpha value is -3.26. The summed E-state index contributed by atoms with van der Waals surface area (Å²) in [5.41, 5.74) is 4.50.